The molecule has 1 amide bonds. The van der Waals surface area contributed by atoms with E-state index >= 15 is 0 Å². The third kappa shape index (κ3) is 6.11. The van der Waals surface area contributed by atoms with Crippen molar-refractivity contribution in [1.29, 1.82) is 0 Å². The number of halogens is 1. The van der Waals surface area contributed by atoms with E-state index in [1.54, 1.807) is 0 Å². The fourth-order valence-electron chi connectivity index (χ4n) is 1.46. The molecule has 0 saturated heterocycles. The molecule has 104 valence electrons. The molecule has 19 heavy (non-hydrogen) atoms. The number of hydrogen-bond acceptors (Lipinski definition) is 3. The molecule has 1 unspecified atom stereocenters. The van der Waals surface area contributed by atoms with Crippen LogP contribution in [0.1, 0.15) is 19.8 Å². The number of hydrogen-bond donors (Lipinski definition) is 2. The maximum absolute atomic E-state index is 11.7. The fraction of sp³-hybridized carbons (Fsp3) is 0.385. The largest absolute Gasteiger partial charge is 0.480 e. The summed E-state index contributed by atoms with van der Waals surface area (Å²) in [7, 11) is 0. The molecule has 0 heterocycles. The van der Waals surface area contributed by atoms with E-state index in [2.05, 4.69) is 21.2 Å². The highest BCUT2D eigenvalue weighted by molar-refractivity contribution is 9.10. The van der Waals surface area contributed by atoms with Gasteiger partial charge in [-0.1, -0.05) is 29.3 Å². The molecule has 4 nitrogen and oxygen atoms in total. The van der Waals surface area contributed by atoms with Crippen molar-refractivity contribution in [3.8, 4) is 0 Å². The minimum Gasteiger partial charge on any atom is -0.480 e. The molecule has 1 aromatic rings. The number of nitrogens with one attached hydrogen (secondary N) is 1. The van der Waals surface area contributed by atoms with E-state index in [4.69, 9.17) is 5.11 Å². The van der Waals surface area contributed by atoms with Crippen molar-refractivity contribution in [1.82, 2.24) is 5.32 Å². The number of thioether (sulfide) groups is 1. The Morgan fingerprint density at radius 3 is 2.53 bits per heavy atom. The summed E-state index contributed by atoms with van der Waals surface area (Å²) in [4.78, 5) is 23.6. The van der Waals surface area contributed by atoms with E-state index in [1.165, 1.54) is 11.8 Å². The van der Waals surface area contributed by atoms with Gasteiger partial charge in [-0.2, -0.15) is 0 Å². The van der Waals surface area contributed by atoms with Gasteiger partial charge >= 0.3 is 5.97 Å². The highest BCUT2D eigenvalue weighted by atomic mass is 79.9. The monoisotopic (exact) mass is 345 g/mol. The van der Waals surface area contributed by atoms with Crippen LogP contribution in [0.15, 0.2) is 33.6 Å². The van der Waals surface area contributed by atoms with E-state index in [0.717, 1.165) is 15.8 Å². The molecular weight excluding hydrogens is 330 g/mol. The lowest BCUT2D eigenvalue weighted by Crippen LogP contribution is -2.41. The zero-order valence-corrected chi connectivity index (χ0v) is 13.0. The van der Waals surface area contributed by atoms with E-state index < -0.39 is 12.0 Å². The second-order valence-electron chi connectivity index (χ2n) is 3.99. The first kappa shape index (κ1) is 16.0. The van der Waals surface area contributed by atoms with Gasteiger partial charge in [-0.25, -0.2) is 4.79 Å². The van der Waals surface area contributed by atoms with Gasteiger partial charge in [0.2, 0.25) is 5.91 Å². The Labute approximate surface area is 125 Å². The number of aliphatic carboxylic acids is 1. The first-order chi connectivity index (χ1) is 9.02. The molecule has 2 N–H and O–H groups in total. The normalized spacial score (nSPS) is 11.9. The first-order valence-electron chi connectivity index (χ1n) is 5.93. The average Bonchev–Trinajstić information content (AvgIpc) is 2.37. The van der Waals surface area contributed by atoms with Gasteiger partial charge in [0.1, 0.15) is 6.04 Å². The second-order valence-corrected chi connectivity index (χ2v) is 5.95. The lowest BCUT2D eigenvalue weighted by atomic mass is 10.2. The number of carbonyl (C=O) groups excluding carboxylic acids is 1. The molecule has 1 aromatic carbocycles. The Morgan fingerprint density at radius 1 is 1.37 bits per heavy atom. The van der Waals surface area contributed by atoms with E-state index in [-0.39, 0.29) is 11.7 Å². The summed E-state index contributed by atoms with van der Waals surface area (Å²) in [6.07, 6.45) is 1.17. The highest BCUT2D eigenvalue weighted by Crippen LogP contribution is 2.20. The molecule has 1 atom stereocenters. The van der Waals surface area contributed by atoms with Crippen LogP contribution in [0.2, 0.25) is 0 Å². The predicted molar refractivity (Wildman–Crippen MR) is 79.3 cm³/mol. The standard InChI is InChI=1S/C13H16BrNO3S/c1-2-3-11(13(17)18)15-12(16)8-19-10-6-4-9(14)5-7-10/h4-7,11H,2-3,8H2,1H3,(H,15,16)(H,17,18). The number of amides is 1. The zero-order valence-electron chi connectivity index (χ0n) is 10.6. The lowest BCUT2D eigenvalue weighted by Gasteiger charge is -2.13. The van der Waals surface area contributed by atoms with Crippen LogP contribution >= 0.6 is 27.7 Å². The minimum atomic E-state index is -0.983. The van der Waals surface area contributed by atoms with Crippen molar-refractivity contribution in [3.05, 3.63) is 28.7 Å². The number of carboxylic acid groups (broad SMARTS) is 1. The van der Waals surface area contributed by atoms with Crippen LogP contribution in [0, 0.1) is 0 Å². The Bertz CT molecular complexity index is 436. The van der Waals surface area contributed by atoms with Crippen LogP contribution in [0.4, 0.5) is 0 Å². The van der Waals surface area contributed by atoms with Crippen LogP contribution in [-0.2, 0) is 9.59 Å². The quantitative estimate of drug-likeness (QED) is 0.745. The molecule has 0 radical (unpaired) electrons. The Morgan fingerprint density at radius 2 is 2.00 bits per heavy atom. The predicted octanol–water partition coefficient (Wildman–Crippen LogP) is 2.91. The lowest BCUT2D eigenvalue weighted by molar-refractivity contribution is -0.141. The Balaban J connectivity index is 2.42. The summed E-state index contributed by atoms with van der Waals surface area (Å²) in [6.45, 7) is 1.89. The molecule has 6 heteroatoms. The van der Waals surface area contributed by atoms with Crippen LogP contribution in [0.5, 0.6) is 0 Å². The number of rotatable bonds is 7. The van der Waals surface area contributed by atoms with Gasteiger partial charge in [0.25, 0.3) is 0 Å². The smallest absolute Gasteiger partial charge is 0.326 e. The van der Waals surface area contributed by atoms with Gasteiger partial charge < -0.3 is 10.4 Å². The maximum atomic E-state index is 11.7. The Kier molecular flexibility index (Phi) is 6.94. The first-order valence-corrected chi connectivity index (χ1v) is 7.71. The van der Waals surface area contributed by atoms with Crippen molar-refractivity contribution < 1.29 is 14.7 Å². The number of benzene rings is 1. The zero-order chi connectivity index (χ0) is 14.3. The third-order valence-electron chi connectivity index (χ3n) is 2.39. The van der Waals surface area contributed by atoms with Crippen molar-refractivity contribution in [3.63, 3.8) is 0 Å². The summed E-state index contributed by atoms with van der Waals surface area (Å²) in [5.74, 6) is -1.02. The molecule has 0 aliphatic carbocycles. The van der Waals surface area contributed by atoms with Gasteiger partial charge in [0.05, 0.1) is 5.75 Å². The summed E-state index contributed by atoms with van der Waals surface area (Å²) in [6, 6.07) is 6.82. The molecule has 0 bridgehead atoms. The van der Waals surface area contributed by atoms with Crippen molar-refractivity contribution in [2.24, 2.45) is 0 Å². The highest BCUT2D eigenvalue weighted by Gasteiger charge is 2.18. The molecule has 0 fully saturated rings. The molecule has 0 aliphatic rings. The van der Waals surface area contributed by atoms with Crippen molar-refractivity contribution in [2.75, 3.05) is 5.75 Å². The topological polar surface area (TPSA) is 66.4 Å². The van der Waals surface area contributed by atoms with Gasteiger partial charge in [-0.3, -0.25) is 4.79 Å². The van der Waals surface area contributed by atoms with E-state index in [1.807, 2.05) is 31.2 Å². The number of carbonyl (C=O) groups is 2. The van der Waals surface area contributed by atoms with Crippen LogP contribution < -0.4 is 5.32 Å². The Hall–Kier alpha value is -1.01. The molecule has 0 spiro atoms. The van der Waals surface area contributed by atoms with E-state index in [9.17, 15) is 9.59 Å². The molecule has 0 saturated carbocycles. The van der Waals surface area contributed by atoms with Gasteiger partial charge in [0, 0.05) is 9.37 Å². The summed E-state index contributed by atoms with van der Waals surface area (Å²) < 4.78 is 0.982. The van der Waals surface area contributed by atoms with Crippen LogP contribution in [0.25, 0.3) is 0 Å². The van der Waals surface area contributed by atoms with Gasteiger partial charge in [-0.05, 0) is 30.7 Å². The molecule has 1 rings (SSSR count). The summed E-state index contributed by atoms with van der Waals surface area (Å²) in [5.41, 5.74) is 0. The molecule has 0 aromatic heterocycles. The third-order valence-corrected chi connectivity index (χ3v) is 3.93. The van der Waals surface area contributed by atoms with E-state index in [0.29, 0.717) is 6.42 Å². The van der Waals surface area contributed by atoms with Crippen LogP contribution in [-0.4, -0.2) is 28.8 Å². The average molecular weight is 346 g/mol. The van der Waals surface area contributed by atoms with Gasteiger partial charge in [-0.15, -0.1) is 11.8 Å². The SMILES string of the molecule is CCCC(NC(=O)CSc1ccc(Br)cc1)C(=O)O. The molecular formula is C13H16BrNO3S. The van der Waals surface area contributed by atoms with Crippen LogP contribution in [0.3, 0.4) is 0 Å². The fourth-order valence-corrected chi connectivity index (χ4v) is 2.44. The van der Waals surface area contributed by atoms with Gasteiger partial charge in [0.15, 0.2) is 0 Å². The number of carboxylic acids is 1. The minimum absolute atomic E-state index is 0.217. The second kappa shape index (κ2) is 8.22. The summed E-state index contributed by atoms with van der Waals surface area (Å²) in [5, 5.41) is 11.5. The molecule has 0 aliphatic heterocycles. The van der Waals surface area contributed by atoms with Crippen molar-refractivity contribution in [2.45, 2.75) is 30.7 Å². The van der Waals surface area contributed by atoms with Crippen molar-refractivity contribution >= 4 is 39.6 Å². The summed E-state index contributed by atoms with van der Waals surface area (Å²) >= 11 is 4.72. The maximum Gasteiger partial charge on any atom is 0.326 e.